The van der Waals surface area contributed by atoms with Crippen LogP contribution in [0.15, 0.2) is 42.7 Å². The largest absolute Gasteiger partial charge is 0.366 e. The minimum Gasteiger partial charge on any atom is -0.366 e. The summed E-state index contributed by atoms with van der Waals surface area (Å²) in [5.74, 6) is 0.515. The second-order valence-corrected chi connectivity index (χ2v) is 5.73. The number of halogens is 1. The molecule has 0 saturated heterocycles. The number of anilines is 1. The molecule has 0 saturated carbocycles. The van der Waals surface area contributed by atoms with Crippen molar-refractivity contribution in [1.29, 1.82) is 5.26 Å². The van der Waals surface area contributed by atoms with E-state index in [0.29, 0.717) is 11.4 Å². The molecule has 4 rings (SSSR count). The highest BCUT2D eigenvalue weighted by molar-refractivity contribution is 5.90. The van der Waals surface area contributed by atoms with Crippen molar-refractivity contribution in [1.82, 2.24) is 9.97 Å². The van der Waals surface area contributed by atoms with Gasteiger partial charge in [-0.15, -0.1) is 0 Å². The molecule has 1 unspecified atom stereocenters. The summed E-state index contributed by atoms with van der Waals surface area (Å²) in [5, 5.41) is 13.3. The zero-order valence-electron chi connectivity index (χ0n) is 12.3. The van der Waals surface area contributed by atoms with Crippen molar-refractivity contribution in [2.45, 2.75) is 18.9 Å². The van der Waals surface area contributed by atoms with Crippen LogP contribution in [0, 0.1) is 17.1 Å². The molecule has 3 aromatic rings. The lowest BCUT2D eigenvalue weighted by atomic mass is 10.1. The molecule has 1 aromatic heterocycles. The Balaban J connectivity index is 1.65. The van der Waals surface area contributed by atoms with E-state index in [9.17, 15) is 4.39 Å². The molecule has 1 aliphatic rings. The third-order valence-electron chi connectivity index (χ3n) is 4.21. The first-order valence-electron chi connectivity index (χ1n) is 7.41. The second kappa shape index (κ2) is 5.33. The van der Waals surface area contributed by atoms with Crippen molar-refractivity contribution < 1.29 is 4.39 Å². The Labute approximate surface area is 132 Å². The Hall–Kier alpha value is -3.00. The summed E-state index contributed by atoms with van der Waals surface area (Å²) in [7, 11) is 0. The highest BCUT2D eigenvalue weighted by atomic mass is 19.1. The predicted octanol–water partition coefficient (Wildman–Crippen LogP) is 3.22. The van der Waals surface area contributed by atoms with Gasteiger partial charge >= 0.3 is 0 Å². The molecule has 23 heavy (non-hydrogen) atoms. The molecule has 112 valence electrons. The minimum atomic E-state index is -0.199. The Morgan fingerprint density at radius 3 is 2.83 bits per heavy atom. The summed E-state index contributed by atoms with van der Waals surface area (Å²) in [6.07, 6.45) is 3.11. The Bertz CT molecular complexity index is 945. The van der Waals surface area contributed by atoms with Crippen molar-refractivity contribution in [2.75, 3.05) is 5.32 Å². The number of hydrogen-bond acceptors (Lipinski definition) is 4. The molecule has 1 heterocycles. The molecule has 0 bridgehead atoms. The van der Waals surface area contributed by atoms with Crippen LogP contribution in [0.25, 0.3) is 10.9 Å². The average Bonchev–Trinajstić information content (AvgIpc) is 2.96. The molecule has 0 aliphatic heterocycles. The number of nitrogens with one attached hydrogen (secondary N) is 1. The molecule has 2 aromatic carbocycles. The van der Waals surface area contributed by atoms with Crippen molar-refractivity contribution in [3.63, 3.8) is 0 Å². The number of hydrogen-bond donors (Lipinski definition) is 1. The molecule has 0 amide bonds. The van der Waals surface area contributed by atoms with E-state index in [-0.39, 0.29) is 11.9 Å². The number of nitrogens with zero attached hydrogens (tertiary/aromatic N) is 3. The van der Waals surface area contributed by atoms with Crippen LogP contribution in [0.5, 0.6) is 0 Å². The van der Waals surface area contributed by atoms with Crippen molar-refractivity contribution >= 4 is 16.7 Å². The first kappa shape index (κ1) is 13.6. The summed E-state index contributed by atoms with van der Waals surface area (Å²) in [4.78, 5) is 8.55. The maximum atomic E-state index is 13.3. The smallest absolute Gasteiger partial charge is 0.137 e. The van der Waals surface area contributed by atoms with E-state index in [0.717, 1.165) is 29.3 Å². The minimum absolute atomic E-state index is 0.163. The number of rotatable bonds is 2. The summed E-state index contributed by atoms with van der Waals surface area (Å²) in [6, 6.07) is 12.6. The predicted molar refractivity (Wildman–Crippen MR) is 85.5 cm³/mol. The first-order valence-corrected chi connectivity index (χ1v) is 7.41. The number of nitriles is 1. The Morgan fingerprint density at radius 2 is 1.96 bits per heavy atom. The topological polar surface area (TPSA) is 61.6 Å². The fourth-order valence-corrected chi connectivity index (χ4v) is 3.12. The zero-order valence-corrected chi connectivity index (χ0v) is 12.3. The number of aromatic nitrogens is 2. The van der Waals surface area contributed by atoms with E-state index in [2.05, 4.69) is 21.4 Å². The van der Waals surface area contributed by atoms with Crippen LogP contribution in [0.4, 0.5) is 10.2 Å². The molecule has 1 N–H and O–H groups in total. The molecular formula is C18H13FN4. The van der Waals surface area contributed by atoms with Gasteiger partial charge in [0.05, 0.1) is 17.1 Å². The monoisotopic (exact) mass is 304 g/mol. The van der Waals surface area contributed by atoms with E-state index < -0.39 is 0 Å². The lowest BCUT2D eigenvalue weighted by Gasteiger charge is -2.14. The quantitative estimate of drug-likeness (QED) is 0.789. The normalized spacial score (nSPS) is 16.1. The van der Waals surface area contributed by atoms with E-state index in [4.69, 9.17) is 5.26 Å². The molecular weight excluding hydrogens is 291 g/mol. The fourth-order valence-electron chi connectivity index (χ4n) is 3.12. The molecule has 5 heteroatoms. The summed E-state index contributed by atoms with van der Waals surface area (Å²) < 4.78 is 13.3. The third kappa shape index (κ3) is 2.49. The molecule has 0 radical (unpaired) electrons. The summed E-state index contributed by atoms with van der Waals surface area (Å²) in [6.45, 7) is 0. The number of fused-ring (bicyclic) bond motifs is 2. The Morgan fingerprint density at radius 1 is 1.09 bits per heavy atom. The van der Waals surface area contributed by atoms with Crippen LogP contribution in [0.1, 0.15) is 16.7 Å². The molecule has 1 atom stereocenters. The van der Waals surface area contributed by atoms with E-state index in [1.165, 1.54) is 18.0 Å². The van der Waals surface area contributed by atoms with Gasteiger partial charge in [0.15, 0.2) is 0 Å². The van der Waals surface area contributed by atoms with Gasteiger partial charge in [0, 0.05) is 11.4 Å². The highest BCUT2D eigenvalue weighted by Crippen LogP contribution is 2.27. The maximum Gasteiger partial charge on any atom is 0.137 e. The van der Waals surface area contributed by atoms with Crippen LogP contribution < -0.4 is 5.32 Å². The van der Waals surface area contributed by atoms with Gasteiger partial charge in [-0.2, -0.15) is 5.26 Å². The van der Waals surface area contributed by atoms with Crippen LogP contribution in [0.2, 0.25) is 0 Å². The van der Waals surface area contributed by atoms with Gasteiger partial charge in [-0.1, -0.05) is 6.07 Å². The van der Waals surface area contributed by atoms with Gasteiger partial charge in [0.1, 0.15) is 18.0 Å². The van der Waals surface area contributed by atoms with Crippen LogP contribution in [-0.4, -0.2) is 16.0 Å². The standard InChI is InChI=1S/C18H13FN4/c19-14-3-2-12-7-15(8-13(12)6-14)23-18-16-5-11(9-20)1-4-17(16)21-10-22-18/h1-6,10,15H,7-8H2,(H,21,22,23). The van der Waals surface area contributed by atoms with Crippen LogP contribution in [0.3, 0.4) is 0 Å². The number of benzene rings is 2. The maximum absolute atomic E-state index is 13.3. The van der Waals surface area contributed by atoms with E-state index >= 15 is 0 Å². The SMILES string of the molecule is N#Cc1ccc2ncnc(NC3Cc4ccc(F)cc4C3)c2c1. The molecule has 4 nitrogen and oxygen atoms in total. The first-order chi connectivity index (χ1) is 11.2. The average molecular weight is 304 g/mol. The molecule has 1 aliphatic carbocycles. The summed E-state index contributed by atoms with van der Waals surface area (Å²) in [5.41, 5.74) is 3.58. The van der Waals surface area contributed by atoms with Gasteiger partial charge in [-0.3, -0.25) is 0 Å². The fraction of sp³-hybridized carbons (Fsp3) is 0.167. The summed E-state index contributed by atoms with van der Waals surface area (Å²) >= 11 is 0. The molecule has 0 fully saturated rings. The van der Waals surface area contributed by atoms with Gasteiger partial charge < -0.3 is 5.32 Å². The van der Waals surface area contributed by atoms with Gasteiger partial charge in [-0.05, 0) is 54.3 Å². The lowest BCUT2D eigenvalue weighted by Crippen LogP contribution is -2.20. The lowest BCUT2D eigenvalue weighted by molar-refractivity contribution is 0.625. The molecule has 0 spiro atoms. The van der Waals surface area contributed by atoms with Gasteiger partial charge in [0.25, 0.3) is 0 Å². The van der Waals surface area contributed by atoms with E-state index in [1.807, 2.05) is 12.1 Å². The van der Waals surface area contributed by atoms with E-state index in [1.54, 1.807) is 18.2 Å². The van der Waals surface area contributed by atoms with Crippen LogP contribution >= 0.6 is 0 Å². The van der Waals surface area contributed by atoms with Crippen molar-refractivity contribution in [3.05, 3.63) is 65.2 Å². The Kier molecular flexibility index (Phi) is 3.16. The van der Waals surface area contributed by atoms with Crippen molar-refractivity contribution in [3.8, 4) is 6.07 Å². The van der Waals surface area contributed by atoms with Gasteiger partial charge in [-0.25, -0.2) is 14.4 Å². The highest BCUT2D eigenvalue weighted by Gasteiger charge is 2.22. The zero-order chi connectivity index (χ0) is 15.8. The van der Waals surface area contributed by atoms with Gasteiger partial charge in [0.2, 0.25) is 0 Å². The van der Waals surface area contributed by atoms with Crippen LogP contribution in [-0.2, 0) is 12.8 Å². The second-order valence-electron chi connectivity index (χ2n) is 5.73. The third-order valence-corrected chi connectivity index (χ3v) is 4.21. The van der Waals surface area contributed by atoms with Crippen molar-refractivity contribution in [2.24, 2.45) is 0 Å².